The van der Waals surface area contributed by atoms with Gasteiger partial charge in [0.25, 0.3) is 0 Å². The molecule has 0 aromatic rings. The fourth-order valence-corrected chi connectivity index (χ4v) is 2.80. The van der Waals surface area contributed by atoms with Crippen molar-refractivity contribution in [2.45, 2.75) is 103 Å². The van der Waals surface area contributed by atoms with Gasteiger partial charge < -0.3 is 0 Å². The van der Waals surface area contributed by atoms with Gasteiger partial charge in [-0.1, -0.05) is 85.0 Å². The van der Waals surface area contributed by atoms with Crippen molar-refractivity contribution in [3.8, 4) is 0 Å². The first-order valence-corrected chi connectivity index (χ1v) is 8.49. The molecule has 0 aromatic carbocycles. The maximum absolute atomic E-state index is 3.11. The van der Waals surface area contributed by atoms with Gasteiger partial charge in [0.15, 0.2) is 0 Å². The minimum atomic E-state index is 0.512. The van der Waals surface area contributed by atoms with Gasteiger partial charge in [-0.05, 0) is 18.0 Å². The molecule has 0 fully saturated rings. The summed E-state index contributed by atoms with van der Waals surface area (Å²) in [5.74, 6) is 0. The molecule has 0 bridgehead atoms. The molecule has 0 saturated heterocycles. The summed E-state index contributed by atoms with van der Waals surface area (Å²) in [7, 11) is 3.11. The van der Waals surface area contributed by atoms with E-state index in [2.05, 4.69) is 30.0 Å². The van der Waals surface area contributed by atoms with Gasteiger partial charge in [-0.15, -0.1) is 9.24 Å². The number of hydrogen-bond acceptors (Lipinski definition) is 0. The second-order valence-electron chi connectivity index (χ2n) is 5.98. The van der Waals surface area contributed by atoms with Crippen LogP contribution in [0, 0.1) is 0 Å². The van der Waals surface area contributed by atoms with Crippen molar-refractivity contribution in [1.82, 2.24) is 0 Å². The summed E-state index contributed by atoms with van der Waals surface area (Å²) in [4.78, 5) is 0. The Labute approximate surface area is 113 Å². The second kappa shape index (κ2) is 11.5. The molecule has 0 nitrogen and oxygen atoms in total. The first-order chi connectivity index (χ1) is 8.12. The van der Waals surface area contributed by atoms with Crippen LogP contribution in [0.25, 0.3) is 0 Å². The highest BCUT2D eigenvalue weighted by Gasteiger charge is 2.16. The lowest BCUT2D eigenvalue weighted by Gasteiger charge is -2.24. The molecular weight excluding hydrogens is 223 g/mol. The van der Waals surface area contributed by atoms with E-state index < -0.39 is 0 Å². The van der Waals surface area contributed by atoms with Gasteiger partial charge in [0.1, 0.15) is 0 Å². The average Bonchev–Trinajstić information content (AvgIpc) is 2.28. The lowest BCUT2D eigenvalue weighted by atomic mass is 9.95. The smallest absolute Gasteiger partial charge is 0.0178 e. The van der Waals surface area contributed by atoms with E-state index >= 15 is 0 Å². The predicted octanol–water partition coefficient (Wildman–Crippen LogP) is 6.34. The third-order valence-electron chi connectivity index (χ3n) is 3.70. The zero-order valence-corrected chi connectivity index (χ0v) is 13.7. The maximum Gasteiger partial charge on any atom is -0.0178 e. The van der Waals surface area contributed by atoms with Crippen molar-refractivity contribution in [2.24, 2.45) is 0 Å². The average molecular weight is 258 g/mol. The van der Waals surface area contributed by atoms with E-state index in [0.717, 1.165) is 0 Å². The topological polar surface area (TPSA) is 0 Å². The molecule has 0 saturated carbocycles. The van der Waals surface area contributed by atoms with Crippen LogP contribution in [-0.2, 0) is 0 Å². The first-order valence-electron chi connectivity index (χ1n) is 7.91. The van der Waals surface area contributed by atoms with E-state index in [1.54, 1.807) is 0 Å². The molecule has 0 radical (unpaired) electrons. The number of rotatable bonds is 12. The molecule has 17 heavy (non-hydrogen) atoms. The van der Waals surface area contributed by atoms with Crippen LogP contribution in [0.15, 0.2) is 0 Å². The van der Waals surface area contributed by atoms with E-state index in [0.29, 0.717) is 5.16 Å². The molecule has 1 heteroatoms. The predicted molar refractivity (Wildman–Crippen MR) is 84.9 cm³/mol. The summed E-state index contributed by atoms with van der Waals surface area (Å²) in [6, 6.07) is 0. The van der Waals surface area contributed by atoms with Gasteiger partial charge in [-0.25, -0.2) is 0 Å². The summed E-state index contributed by atoms with van der Waals surface area (Å²) >= 11 is 0. The highest BCUT2D eigenvalue weighted by atomic mass is 31.0. The SMILES string of the molecule is CCCCCCCC(C)(P)CCCCCCC. The lowest BCUT2D eigenvalue weighted by Crippen LogP contribution is -2.15. The van der Waals surface area contributed by atoms with Crippen LogP contribution in [0.4, 0.5) is 0 Å². The Hall–Kier alpha value is 0.430. The first kappa shape index (κ1) is 17.4. The standard InChI is InChI=1S/C16H35P/c1-4-6-8-10-12-14-16(3,17)15-13-11-9-7-5-2/h4-15,17H2,1-3H3. The highest BCUT2D eigenvalue weighted by molar-refractivity contribution is 7.18. The Morgan fingerprint density at radius 1 is 0.647 bits per heavy atom. The maximum atomic E-state index is 3.11. The molecule has 0 aromatic heterocycles. The van der Waals surface area contributed by atoms with Crippen molar-refractivity contribution >= 4 is 9.24 Å². The Morgan fingerprint density at radius 2 is 1.00 bits per heavy atom. The number of hydrogen-bond donors (Lipinski definition) is 0. The fraction of sp³-hybridized carbons (Fsp3) is 1.00. The van der Waals surface area contributed by atoms with Crippen molar-refractivity contribution < 1.29 is 0 Å². The molecule has 1 unspecified atom stereocenters. The zero-order chi connectivity index (χ0) is 13.0. The molecule has 0 spiro atoms. The largest absolute Gasteiger partial charge is 0.131 e. The van der Waals surface area contributed by atoms with Crippen LogP contribution in [0.5, 0.6) is 0 Å². The van der Waals surface area contributed by atoms with Crippen LogP contribution in [0.3, 0.4) is 0 Å². The molecule has 1 atom stereocenters. The third kappa shape index (κ3) is 12.7. The highest BCUT2D eigenvalue weighted by Crippen LogP contribution is 2.31. The zero-order valence-electron chi connectivity index (χ0n) is 12.6. The third-order valence-corrected chi connectivity index (χ3v) is 4.28. The summed E-state index contributed by atoms with van der Waals surface area (Å²) in [5, 5.41) is 0.512. The number of unbranched alkanes of at least 4 members (excludes halogenated alkanes) is 8. The Kier molecular flexibility index (Phi) is 11.8. The van der Waals surface area contributed by atoms with Crippen LogP contribution >= 0.6 is 9.24 Å². The molecular formula is C16H35P. The minimum Gasteiger partial charge on any atom is -0.131 e. The van der Waals surface area contributed by atoms with Gasteiger partial charge in [0, 0.05) is 0 Å². The van der Waals surface area contributed by atoms with E-state index in [-0.39, 0.29) is 0 Å². The van der Waals surface area contributed by atoms with E-state index in [9.17, 15) is 0 Å². The Bertz CT molecular complexity index is 136. The molecule has 104 valence electrons. The summed E-state index contributed by atoms with van der Waals surface area (Å²) in [6.45, 7) is 7.00. The van der Waals surface area contributed by atoms with Crippen molar-refractivity contribution in [2.75, 3.05) is 0 Å². The molecule has 0 aliphatic rings. The molecule has 0 aliphatic carbocycles. The minimum absolute atomic E-state index is 0.512. The normalized spacial score (nSPS) is 12.0. The molecule has 0 heterocycles. The Balaban J connectivity index is 3.38. The van der Waals surface area contributed by atoms with Gasteiger partial charge in [0.05, 0.1) is 0 Å². The van der Waals surface area contributed by atoms with Crippen LogP contribution < -0.4 is 0 Å². The monoisotopic (exact) mass is 258 g/mol. The summed E-state index contributed by atoms with van der Waals surface area (Å²) in [5.41, 5.74) is 0. The van der Waals surface area contributed by atoms with Crippen molar-refractivity contribution in [3.63, 3.8) is 0 Å². The van der Waals surface area contributed by atoms with E-state index in [1.165, 1.54) is 77.0 Å². The van der Waals surface area contributed by atoms with Crippen LogP contribution in [0.1, 0.15) is 97.8 Å². The quantitative estimate of drug-likeness (QED) is 0.283. The van der Waals surface area contributed by atoms with Gasteiger partial charge in [-0.3, -0.25) is 0 Å². The molecule has 0 N–H and O–H groups in total. The lowest BCUT2D eigenvalue weighted by molar-refractivity contribution is 0.469. The van der Waals surface area contributed by atoms with Crippen LogP contribution in [-0.4, -0.2) is 5.16 Å². The van der Waals surface area contributed by atoms with Crippen LogP contribution in [0.2, 0.25) is 0 Å². The molecule has 0 aliphatic heterocycles. The van der Waals surface area contributed by atoms with Crippen molar-refractivity contribution in [3.05, 3.63) is 0 Å². The van der Waals surface area contributed by atoms with E-state index in [4.69, 9.17) is 0 Å². The molecule has 0 rings (SSSR count). The molecule has 0 amide bonds. The van der Waals surface area contributed by atoms with Gasteiger partial charge >= 0.3 is 0 Å². The Morgan fingerprint density at radius 3 is 1.35 bits per heavy atom. The fourth-order valence-electron chi connectivity index (χ4n) is 2.39. The van der Waals surface area contributed by atoms with E-state index in [1.807, 2.05) is 0 Å². The summed E-state index contributed by atoms with van der Waals surface area (Å²) in [6.07, 6.45) is 17.0. The second-order valence-corrected chi connectivity index (χ2v) is 7.38. The van der Waals surface area contributed by atoms with Gasteiger partial charge in [-0.2, -0.15) is 0 Å². The summed E-state index contributed by atoms with van der Waals surface area (Å²) < 4.78 is 0. The van der Waals surface area contributed by atoms with Gasteiger partial charge in [0.2, 0.25) is 0 Å². The van der Waals surface area contributed by atoms with Crippen molar-refractivity contribution in [1.29, 1.82) is 0 Å².